The fraction of sp³-hybridized carbons (Fsp3) is 0.333. The van der Waals surface area contributed by atoms with E-state index in [9.17, 15) is 4.79 Å². The molecule has 0 radical (unpaired) electrons. The summed E-state index contributed by atoms with van der Waals surface area (Å²) in [4.78, 5) is 12.7. The lowest BCUT2D eigenvalue weighted by Gasteiger charge is -2.33. The highest BCUT2D eigenvalue weighted by atomic mass is 16.4. The van der Waals surface area contributed by atoms with Crippen molar-refractivity contribution < 1.29 is 9.90 Å². The first-order chi connectivity index (χ1) is 7.41. The minimum atomic E-state index is -1.05. The summed E-state index contributed by atoms with van der Waals surface area (Å²) >= 11 is 0. The molecule has 1 rings (SSSR count). The van der Waals surface area contributed by atoms with Gasteiger partial charge in [0, 0.05) is 7.05 Å². The summed E-state index contributed by atoms with van der Waals surface area (Å²) in [6.07, 6.45) is 0. The van der Waals surface area contributed by atoms with Gasteiger partial charge in [0.05, 0.1) is 11.3 Å². The Hall–Kier alpha value is -2.02. The molecule has 0 aliphatic carbocycles. The van der Waals surface area contributed by atoms with Crippen LogP contribution in [0.5, 0.6) is 0 Å². The number of para-hydroxylation sites is 1. The van der Waals surface area contributed by atoms with Gasteiger partial charge in [0.1, 0.15) is 11.6 Å². The second-order valence-corrected chi connectivity index (χ2v) is 4.05. The molecule has 0 amide bonds. The number of hydrogen-bond acceptors (Lipinski definition) is 3. The van der Waals surface area contributed by atoms with Crippen molar-refractivity contribution in [3.05, 3.63) is 29.8 Å². The predicted molar refractivity (Wildman–Crippen MR) is 61.3 cm³/mol. The number of carboxylic acids is 1. The zero-order valence-corrected chi connectivity index (χ0v) is 9.56. The van der Waals surface area contributed by atoms with E-state index in [1.54, 1.807) is 50.1 Å². The second-order valence-electron chi connectivity index (χ2n) is 4.05. The van der Waals surface area contributed by atoms with Crippen molar-refractivity contribution in [3.8, 4) is 6.07 Å². The molecule has 16 heavy (non-hydrogen) atoms. The summed E-state index contributed by atoms with van der Waals surface area (Å²) in [7, 11) is 1.67. The van der Waals surface area contributed by atoms with Gasteiger partial charge in [-0.15, -0.1) is 0 Å². The fourth-order valence-corrected chi connectivity index (χ4v) is 1.31. The molecule has 4 heteroatoms. The summed E-state index contributed by atoms with van der Waals surface area (Å²) in [6.45, 7) is 3.20. The number of anilines is 1. The van der Waals surface area contributed by atoms with Crippen LogP contribution in [0.15, 0.2) is 24.3 Å². The molecule has 0 unspecified atom stereocenters. The Bertz CT molecular complexity index is 447. The average Bonchev–Trinajstić information content (AvgIpc) is 2.27. The first kappa shape index (κ1) is 12.1. The van der Waals surface area contributed by atoms with E-state index >= 15 is 0 Å². The SMILES string of the molecule is CN(c1ccccc1C#N)C(C)(C)C(=O)O. The van der Waals surface area contributed by atoms with Crippen LogP contribution in [-0.2, 0) is 4.79 Å². The van der Waals surface area contributed by atoms with Gasteiger partial charge in [-0.2, -0.15) is 5.26 Å². The molecule has 0 spiro atoms. The monoisotopic (exact) mass is 218 g/mol. The average molecular weight is 218 g/mol. The maximum Gasteiger partial charge on any atom is 0.328 e. The highest BCUT2D eigenvalue weighted by Crippen LogP contribution is 2.25. The van der Waals surface area contributed by atoms with Crippen molar-refractivity contribution in [3.63, 3.8) is 0 Å². The highest BCUT2D eigenvalue weighted by molar-refractivity contribution is 5.83. The van der Waals surface area contributed by atoms with Gasteiger partial charge in [0.25, 0.3) is 0 Å². The van der Waals surface area contributed by atoms with Gasteiger partial charge >= 0.3 is 5.97 Å². The van der Waals surface area contributed by atoms with E-state index in [2.05, 4.69) is 6.07 Å². The molecule has 0 aliphatic rings. The number of hydrogen-bond donors (Lipinski definition) is 1. The maximum atomic E-state index is 11.1. The number of carbonyl (C=O) groups is 1. The van der Waals surface area contributed by atoms with Crippen LogP contribution in [0.25, 0.3) is 0 Å². The second kappa shape index (κ2) is 4.23. The van der Waals surface area contributed by atoms with Crippen molar-refractivity contribution in [1.82, 2.24) is 0 Å². The van der Waals surface area contributed by atoms with Gasteiger partial charge in [-0.05, 0) is 26.0 Å². The van der Waals surface area contributed by atoms with E-state index in [-0.39, 0.29) is 0 Å². The van der Waals surface area contributed by atoms with E-state index in [4.69, 9.17) is 10.4 Å². The van der Waals surface area contributed by atoms with Crippen LogP contribution in [0.3, 0.4) is 0 Å². The predicted octanol–water partition coefficient (Wildman–Crippen LogP) is 1.86. The van der Waals surface area contributed by atoms with E-state index in [1.807, 2.05) is 0 Å². The number of rotatable bonds is 3. The molecule has 0 fully saturated rings. The van der Waals surface area contributed by atoms with E-state index < -0.39 is 11.5 Å². The Kier molecular flexibility index (Phi) is 3.19. The molecular formula is C12H14N2O2. The van der Waals surface area contributed by atoms with Gasteiger partial charge < -0.3 is 10.0 Å². The smallest absolute Gasteiger partial charge is 0.328 e. The molecule has 0 saturated carbocycles. The first-order valence-corrected chi connectivity index (χ1v) is 4.87. The third-order valence-corrected chi connectivity index (χ3v) is 2.75. The fourth-order valence-electron chi connectivity index (χ4n) is 1.31. The topological polar surface area (TPSA) is 64.3 Å². The summed E-state index contributed by atoms with van der Waals surface area (Å²) in [5.41, 5.74) is 0.0455. The quantitative estimate of drug-likeness (QED) is 0.841. The molecule has 0 saturated heterocycles. The summed E-state index contributed by atoms with van der Waals surface area (Å²) in [5.74, 6) is -0.928. The van der Waals surface area contributed by atoms with Crippen molar-refractivity contribution in [2.24, 2.45) is 0 Å². The number of carboxylic acid groups (broad SMARTS) is 1. The van der Waals surface area contributed by atoms with Crippen LogP contribution in [0.1, 0.15) is 19.4 Å². The van der Waals surface area contributed by atoms with Crippen molar-refractivity contribution >= 4 is 11.7 Å². The number of likely N-dealkylation sites (N-methyl/N-ethyl adjacent to an activating group) is 1. The Labute approximate surface area is 94.7 Å². The van der Waals surface area contributed by atoms with Crippen LogP contribution in [0.2, 0.25) is 0 Å². The largest absolute Gasteiger partial charge is 0.480 e. The van der Waals surface area contributed by atoms with E-state index in [0.717, 1.165) is 0 Å². The molecule has 1 N–H and O–H groups in total. The van der Waals surface area contributed by atoms with Crippen molar-refractivity contribution in [1.29, 1.82) is 5.26 Å². The summed E-state index contributed by atoms with van der Waals surface area (Å²) in [5, 5.41) is 18.1. The first-order valence-electron chi connectivity index (χ1n) is 4.87. The Balaban J connectivity index is 3.20. The number of aliphatic carboxylic acids is 1. The lowest BCUT2D eigenvalue weighted by Crippen LogP contribution is -2.48. The molecule has 1 aromatic rings. The van der Waals surface area contributed by atoms with Gasteiger partial charge in [0.15, 0.2) is 0 Å². The van der Waals surface area contributed by atoms with Gasteiger partial charge in [-0.3, -0.25) is 0 Å². The van der Waals surface area contributed by atoms with E-state index in [1.165, 1.54) is 0 Å². The minimum absolute atomic E-state index is 0.472. The molecule has 0 aromatic heterocycles. The normalized spacial score (nSPS) is 10.6. The van der Waals surface area contributed by atoms with Crippen LogP contribution in [0, 0.1) is 11.3 Å². The zero-order chi connectivity index (χ0) is 12.3. The Morgan fingerprint density at radius 1 is 1.44 bits per heavy atom. The van der Waals surface area contributed by atoms with Gasteiger partial charge in [0.2, 0.25) is 0 Å². The lowest BCUT2D eigenvalue weighted by molar-refractivity contribution is -0.142. The maximum absolute atomic E-state index is 11.1. The van der Waals surface area contributed by atoms with Crippen LogP contribution in [0.4, 0.5) is 5.69 Å². The summed E-state index contributed by atoms with van der Waals surface area (Å²) < 4.78 is 0. The molecular weight excluding hydrogens is 204 g/mol. The molecule has 84 valence electrons. The lowest BCUT2D eigenvalue weighted by atomic mass is 10.0. The number of nitrogens with zero attached hydrogens (tertiary/aromatic N) is 2. The minimum Gasteiger partial charge on any atom is -0.480 e. The van der Waals surface area contributed by atoms with Crippen LogP contribution >= 0.6 is 0 Å². The Morgan fingerprint density at radius 3 is 2.50 bits per heavy atom. The third-order valence-electron chi connectivity index (χ3n) is 2.75. The molecule has 0 heterocycles. The van der Waals surface area contributed by atoms with Gasteiger partial charge in [-0.1, -0.05) is 12.1 Å². The van der Waals surface area contributed by atoms with Crippen LogP contribution in [-0.4, -0.2) is 23.7 Å². The Morgan fingerprint density at radius 2 is 2.00 bits per heavy atom. The highest BCUT2D eigenvalue weighted by Gasteiger charge is 2.33. The zero-order valence-electron chi connectivity index (χ0n) is 9.56. The molecule has 0 bridgehead atoms. The third kappa shape index (κ3) is 1.98. The standard InChI is InChI=1S/C12H14N2O2/c1-12(2,11(15)16)14(3)10-7-5-4-6-9(10)8-13/h4-7H,1-3H3,(H,15,16). The van der Waals surface area contributed by atoms with Gasteiger partial charge in [-0.25, -0.2) is 4.79 Å². The molecule has 4 nitrogen and oxygen atoms in total. The molecule has 1 aromatic carbocycles. The van der Waals surface area contributed by atoms with E-state index in [0.29, 0.717) is 11.3 Å². The molecule has 0 atom stereocenters. The van der Waals surface area contributed by atoms with Crippen LogP contribution < -0.4 is 4.90 Å². The molecule has 0 aliphatic heterocycles. The number of nitriles is 1. The van der Waals surface area contributed by atoms with Crippen molar-refractivity contribution in [2.45, 2.75) is 19.4 Å². The van der Waals surface area contributed by atoms with Crippen molar-refractivity contribution in [2.75, 3.05) is 11.9 Å². The summed E-state index contributed by atoms with van der Waals surface area (Å²) in [6, 6.07) is 9.00. The number of benzene rings is 1.